The second-order valence-corrected chi connectivity index (χ2v) is 7.58. The molecule has 2 aromatic carbocycles. The first-order chi connectivity index (χ1) is 16.5. The molecule has 9 heteroatoms. The van der Waals surface area contributed by atoms with Gasteiger partial charge >= 0.3 is 5.97 Å². The number of nitrogens with two attached hydrogens (primary N) is 2. The number of rotatable bonds is 10. The molecule has 176 valence electrons. The molecule has 0 atom stereocenters. The number of hydrazone groups is 2. The van der Waals surface area contributed by atoms with Crippen molar-refractivity contribution in [1.29, 1.82) is 0 Å². The molecule has 0 fully saturated rings. The van der Waals surface area contributed by atoms with Crippen molar-refractivity contribution in [3.8, 4) is 0 Å². The molecule has 0 aliphatic rings. The number of benzene rings is 2. The Morgan fingerprint density at radius 2 is 1.74 bits per heavy atom. The van der Waals surface area contributed by atoms with Crippen molar-refractivity contribution >= 4 is 24.3 Å². The third kappa shape index (κ3) is 6.80. The first kappa shape index (κ1) is 24.2. The maximum absolute atomic E-state index is 12.9. The summed E-state index contributed by atoms with van der Waals surface area (Å²) in [6.45, 7) is 2.34. The number of ether oxygens (including phenoxy) is 1. The van der Waals surface area contributed by atoms with E-state index in [9.17, 15) is 9.59 Å². The molecule has 0 spiro atoms. The Labute approximate surface area is 198 Å². The minimum absolute atomic E-state index is 0.190. The number of carbonyl (C=O) groups excluding carboxylic acids is 2. The minimum atomic E-state index is -0.479. The van der Waals surface area contributed by atoms with E-state index in [1.165, 1.54) is 0 Å². The van der Waals surface area contributed by atoms with Crippen LogP contribution in [0.5, 0.6) is 0 Å². The summed E-state index contributed by atoms with van der Waals surface area (Å²) in [7, 11) is 0. The van der Waals surface area contributed by atoms with Crippen molar-refractivity contribution < 1.29 is 14.3 Å². The third-order valence-corrected chi connectivity index (χ3v) is 5.04. The molecule has 0 aliphatic carbocycles. The van der Waals surface area contributed by atoms with E-state index in [2.05, 4.69) is 15.5 Å². The summed E-state index contributed by atoms with van der Waals surface area (Å²) in [6.07, 6.45) is 7.41. The van der Waals surface area contributed by atoms with E-state index < -0.39 is 5.97 Å². The average molecular weight is 461 g/mol. The van der Waals surface area contributed by atoms with Gasteiger partial charge in [0, 0.05) is 18.9 Å². The van der Waals surface area contributed by atoms with Crippen LogP contribution in [-0.2, 0) is 22.5 Å². The van der Waals surface area contributed by atoms with Crippen LogP contribution in [-0.4, -0.2) is 42.0 Å². The zero-order chi connectivity index (χ0) is 24.3. The zero-order valence-corrected chi connectivity index (χ0v) is 19.0. The van der Waals surface area contributed by atoms with Gasteiger partial charge in [-0.3, -0.25) is 9.59 Å². The lowest BCUT2D eigenvalue weighted by Gasteiger charge is -2.06. The van der Waals surface area contributed by atoms with Crippen LogP contribution >= 0.6 is 0 Å². The highest BCUT2D eigenvalue weighted by Gasteiger charge is 2.16. The van der Waals surface area contributed by atoms with Crippen molar-refractivity contribution in [2.24, 2.45) is 21.9 Å². The van der Waals surface area contributed by atoms with Gasteiger partial charge in [-0.15, -0.1) is 0 Å². The van der Waals surface area contributed by atoms with Crippen LogP contribution in [0.15, 0.2) is 71.1 Å². The second kappa shape index (κ2) is 12.0. The molecule has 1 heterocycles. The van der Waals surface area contributed by atoms with E-state index in [1.807, 2.05) is 59.3 Å². The first-order valence-electron chi connectivity index (χ1n) is 10.8. The van der Waals surface area contributed by atoms with E-state index >= 15 is 0 Å². The van der Waals surface area contributed by atoms with Crippen molar-refractivity contribution in [3.63, 3.8) is 0 Å². The molecule has 0 saturated heterocycles. The Hall–Kier alpha value is -4.40. The van der Waals surface area contributed by atoms with E-state index in [1.54, 1.807) is 25.5 Å². The Morgan fingerprint density at radius 3 is 2.44 bits per heavy atom. The Balaban J connectivity index is 1.85. The molecule has 3 rings (SSSR count). The van der Waals surface area contributed by atoms with Gasteiger partial charge in [-0.1, -0.05) is 42.5 Å². The molecular formula is C25H28N6O3. The van der Waals surface area contributed by atoms with Crippen LogP contribution in [0.1, 0.15) is 45.1 Å². The monoisotopic (exact) mass is 460 g/mol. The quantitative estimate of drug-likeness (QED) is 0.184. The van der Waals surface area contributed by atoms with Gasteiger partial charge in [-0.05, 0) is 47.2 Å². The number of aromatic nitrogens is 1. The third-order valence-electron chi connectivity index (χ3n) is 5.04. The van der Waals surface area contributed by atoms with E-state index in [-0.39, 0.29) is 19.1 Å². The Kier molecular flexibility index (Phi) is 8.56. The number of amides is 1. The van der Waals surface area contributed by atoms with Crippen LogP contribution in [0, 0.1) is 0 Å². The standard InChI is InChI=1S/C25H28N6O3/c1-2-34-24(32)14-28-25(33)23-17-31(15-21-5-3-4-20(10-21)13-30-27)16-22(23)11-18-6-8-19(9-7-18)12-29-26/h3-10,12-13,16-17H,2,11,14-15,26-27H2,1H3,(H,28,33). The predicted octanol–water partition coefficient (Wildman–Crippen LogP) is 2.01. The molecule has 0 aliphatic heterocycles. The van der Waals surface area contributed by atoms with E-state index in [4.69, 9.17) is 16.4 Å². The average Bonchev–Trinajstić information content (AvgIpc) is 3.21. The summed E-state index contributed by atoms with van der Waals surface area (Å²) < 4.78 is 6.85. The van der Waals surface area contributed by atoms with Crippen molar-refractivity contribution in [3.05, 3.63) is 94.3 Å². The summed E-state index contributed by atoms with van der Waals surface area (Å²) in [5.74, 6) is 9.66. The molecule has 9 nitrogen and oxygen atoms in total. The van der Waals surface area contributed by atoms with Crippen LogP contribution in [0.2, 0.25) is 0 Å². The van der Waals surface area contributed by atoms with Gasteiger partial charge in [0.2, 0.25) is 0 Å². The van der Waals surface area contributed by atoms with Crippen LogP contribution in [0.3, 0.4) is 0 Å². The smallest absolute Gasteiger partial charge is 0.325 e. The molecule has 0 unspecified atom stereocenters. The summed E-state index contributed by atoms with van der Waals surface area (Å²) in [4.78, 5) is 24.6. The molecule has 0 radical (unpaired) electrons. The maximum Gasteiger partial charge on any atom is 0.325 e. The summed E-state index contributed by atoms with van der Waals surface area (Å²) >= 11 is 0. The van der Waals surface area contributed by atoms with Gasteiger partial charge in [0.15, 0.2) is 0 Å². The number of nitrogens with one attached hydrogen (secondary N) is 1. The minimum Gasteiger partial charge on any atom is -0.465 e. The highest BCUT2D eigenvalue weighted by molar-refractivity contribution is 5.97. The molecule has 3 aromatic rings. The van der Waals surface area contributed by atoms with Gasteiger partial charge < -0.3 is 26.3 Å². The van der Waals surface area contributed by atoms with Gasteiger partial charge in [0.05, 0.1) is 24.6 Å². The van der Waals surface area contributed by atoms with Gasteiger partial charge in [-0.2, -0.15) is 10.2 Å². The topological polar surface area (TPSA) is 137 Å². The van der Waals surface area contributed by atoms with Gasteiger partial charge in [-0.25, -0.2) is 0 Å². The van der Waals surface area contributed by atoms with Crippen LogP contribution in [0.25, 0.3) is 0 Å². The maximum atomic E-state index is 12.9. The summed E-state index contributed by atoms with van der Waals surface area (Å²) in [6, 6.07) is 15.6. The summed E-state index contributed by atoms with van der Waals surface area (Å²) in [5, 5.41) is 9.75. The van der Waals surface area contributed by atoms with Gasteiger partial charge in [0.1, 0.15) is 6.54 Å². The fourth-order valence-corrected chi connectivity index (χ4v) is 3.55. The predicted molar refractivity (Wildman–Crippen MR) is 132 cm³/mol. The number of hydrogen-bond acceptors (Lipinski definition) is 7. The molecule has 0 saturated carbocycles. The number of hydrogen-bond donors (Lipinski definition) is 3. The number of esters is 1. The lowest BCUT2D eigenvalue weighted by atomic mass is 10.0. The SMILES string of the molecule is CCOC(=O)CNC(=O)c1cn(Cc2cccc(C=NN)c2)cc1Cc1ccc(C=NN)cc1. The lowest BCUT2D eigenvalue weighted by Crippen LogP contribution is -2.31. The highest BCUT2D eigenvalue weighted by atomic mass is 16.5. The van der Waals surface area contributed by atoms with Crippen molar-refractivity contribution in [2.75, 3.05) is 13.2 Å². The molecule has 1 amide bonds. The molecule has 34 heavy (non-hydrogen) atoms. The van der Waals surface area contributed by atoms with E-state index in [0.29, 0.717) is 18.5 Å². The first-order valence-corrected chi connectivity index (χ1v) is 10.8. The molecular weight excluding hydrogens is 432 g/mol. The van der Waals surface area contributed by atoms with E-state index in [0.717, 1.165) is 27.8 Å². The second-order valence-electron chi connectivity index (χ2n) is 7.58. The largest absolute Gasteiger partial charge is 0.465 e. The fraction of sp³-hybridized carbons (Fsp3) is 0.200. The highest BCUT2D eigenvalue weighted by Crippen LogP contribution is 2.18. The van der Waals surface area contributed by atoms with Crippen LogP contribution < -0.4 is 17.0 Å². The normalized spacial score (nSPS) is 11.2. The van der Waals surface area contributed by atoms with Crippen LogP contribution in [0.4, 0.5) is 0 Å². The van der Waals surface area contributed by atoms with Crippen molar-refractivity contribution in [1.82, 2.24) is 9.88 Å². The molecule has 1 aromatic heterocycles. The Bertz CT molecular complexity index is 1180. The van der Waals surface area contributed by atoms with Gasteiger partial charge in [0.25, 0.3) is 5.91 Å². The summed E-state index contributed by atoms with van der Waals surface area (Å²) in [5.41, 5.74) is 5.16. The number of carbonyl (C=O) groups is 2. The molecule has 0 bridgehead atoms. The number of nitrogens with zero attached hydrogens (tertiary/aromatic N) is 3. The fourth-order valence-electron chi connectivity index (χ4n) is 3.55. The lowest BCUT2D eigenvalue weighted by molar-refractivity contribution is -0.141. The zero-order valence-electron chi connectivity index (χ0n) is 19.0. The molecule has 5 N–H and O–H groups in total. The van der Waals surface area contributed by atoms with Crippen molar-refractivity contribution in [2.45, 2.75) is 19.9 Å². The Morgan fingerprint density at radius 1 is 1.00 bits per heavy atom.